The van der Waals surface area contributed by atoms with Gasteiger partial charge in [0.25, 0.3) is 0 Å². The second-order valence-electron chi connectivity index (χ2n) is 7.61. The molecule has 1 unspecified atom stereocenters. The van der Waals surface area contributed by atoms with Gasteiger partial charge in [0, 0.05) is 23.1 Å². The Morgan fingerprint density at radius 1 is 1.12 bits per heavy atom. The predicted octanol–water partition coefficient (Wildman–Crippen LogP) is 2.96. The molecule has 0 spiro atoms. The molecule has 3 rings (SSSR count). The van der Waals surface area contributed by atoms with Gasteiger partial charge in [0.05, 0.1) is 11.6 Å². The lowest BCUT2D eigenvalue weighted by Crippen LogP contribution is -2.39. The fourth-order valence-electron chi connectivity index (χ4n) is 4.56. The summed E-state index contributed by atoms with van der Waals surface area (Å²) in [6.07, 6.45) is 3.83. The zero-order chi connectivity index (χ0) is 19.0. The highest BCUT2D eigenvalue weighted by Crippen LogP contribution is 2.40. The summed E-state index contributed by atoms with van der Waals surface area (Å²) in [6, 6.07) is 0. The second-order valence-corrected chi connectivity index (χ2v) is 7.61. The molecule has 26 heavy (non-hydrogen) atoms. The maximum Gasteiger partial charge on any atom is 0.309 e. The lowest BCUT2D eigenvalue weighted by Gasteiger charge is -2.36. The van der Waals surface area contributed by atoms with Crippen LogP contribution in [0.15, 0.2) is 0 Å². The van der Waals surface area contributed by atoms with E-state index in [9.17, 15) is 19.2 Å². The molecule has 1 aromatic heterocycles. The number of carbonyl (C=O) groups excluding carboxylic acids is 4. The van der Waals surface area contributed by atoms with E-state index in [2.05, 4.69) is 4.98 Å². The minimum absolute atomic E-state index is 0.0258. The molecule has 6 heteroatoms. The SMILES string of the molecule is CC(=O)c1c(C)[nH]c(C(=O)COC(=O)C2C[C@H]3CCC[C@@H](C2)C3=O)c1C. The first-order chi connectivity index (χ1) is 12.3. The molecule has 2 fully saturated rings. The molecule has 0 saturated heterocycles. The van der Waals surface area contributed by atoms with Crippen LogP contribution in [-0.4, -0.2) is 34.9 Å². The van der Waals surface area contributed by atoms with E-state index >= 15 is 0 Å². The van der Waals surface area contributed by atoms with E-state index in [1.54, 1.807) is 13.8 Å². The van der Waals surface area contributed by atoms with Crippen molar-refractivity contribution in [1.29, 1.82) is 0 Å². The Labute approximate surface area is 152 Å². The number of H-pyrrole nitrogens is 1. The lowest BCUT2D eigenvalue weighted by atomic mass is 9.67. The van der Waals surface area contributed by atoms with Crippen LogP contribution in [0.3, 0.4) is 0 Å². The highest BCUT2D eigenvalue weighted by Gasteiger charge is 2.42. The minimum Gasteiger partial charge on any atom is -0.457 e. The van der Waals surface area contributed by atoms with Gasteiger partial charge >= 0.3 is 5.97 Å². The van der Waals surface area contributed by atoms with Gasteiger partial charge in [-0.1, -0.05) is 6.42 Å². The summed E-state index contributed by atoms with van der Waals surface area (Å²) in [5.74, 6) is -0.898. The summed E-state index contributed by atoms with van der Waals surface area (Å²) >= 11 is 0. The van der Waals surface area contributed by atoms with Gasteiger partial charge in [0.1, 0.15) is 5.78 Å². The first-order valence-electron chi connectivity index (χ1n) is 9.23. The summed E-state index contributed by atoms with van der Waals surface area (Å²) < 4.78 is 5.26. The quantitative estimate of drug-likeness (QED) is 0.644. The van der Waals surface area contributed by atoms with Crippen molar-refractivity contribution in [3.05, 3.63) is 22.5 Å². The normalized spacial score (nSPS) is 25.0. The third kappa shape index (κ3) is 3.37. The molecular weight excluding hydrogens is 334 g/mol. The van der Waals surface area contributed by atoms with E-state index in [-0.39, 0.29) is 35.9 Å². The molecule has 6 nitrogen and oxygen atoms in total. The Morgan fingerprint density at radius 3 is 2.27 bits per heavy atom. The summed E-state index contributed by atoms with van der Waals surface area (Å²) in [5.41, 5.74) is 2.06. The van der Waals surface area contributed by atoms with Crippen molar-refractivity contribution in [1.82, 2.24) is 4.98 Å². The number of aromatic amines is 1. The number of hydrogen-bond donors (Lipinski definition) is 1. The van der Waals surface area contributed by atoms with Gasteiger partial charge in [-0.25, -0.2) is 0 Å². The summed E-state index contributed by atoms with van der Waals surface area (Å²) in [5, 5.41) is 0. The second kappa shape index (κ2) is 7.17. The number of hydrogen-bond acceptors (Lipinski definition) is 5. The average Bonchev–Trinajstić information content (AvgIpc) is 2.86. The van der Waals surface area contributed by atoms with E-state index in [0.29, 0.717) is 41.1 Å². The average molecular weight is 359 g/mol. The van der Waals surface area contributed by atoms with Gasteiger partial charge in [-0.3, -0.25) is 19.2 Å². The molecule has 0 radical (unpaired) electrons. The number of Topliss-reactive ketones (excluding diaryl/α,β-unsaturated/α-hetero) is 3. The summed E-state index contributed by atoms with van der Waals surface area (Å²) in [7, 11) is 0. The highest BCUT2D eigenvalue weighted by molar-refractivity contribution is 6.04. The number of carbonyl (C=O) groups is 4. The molecule has 1 heterocycles. The van der Waals surface area contributed by atoms with Gasteiger partial charge < -0.3 is 9.72 Å². The van der Waals surface area contributed by atoms with Crippen molar-refractivity contribution >= 4 is 23.3 Å². The topological polar surface area (TPSA) is 93.3 Å². The third-order valence-corrected chi connectivity index (χ3v) is 5.80. The van der Waals surface area contributed by atoms with E-state index in [1.165, 1.54) is 6.92 Å². The maximum absolute atomic E-state index is 12.4. The Kier molecular flexibility index (Phi) is 5.12. The van der Waals surface area contributed by atoms with Crippen LogP contribution in [0.2, 0.25) is 0 Å². The smallest absolute Gasteiger partial charge is 0.309 e. The molecule has 1 N–H and O–H groups in total. The van der Waals surface area contributed by atoms with Crippen molar-refractivity contribution in [2.24, 2.45) is 17.8 Å². The Morgan fingerprint density at radius 2 is 1.73 bits per heavy atom. The number of ketones is 3. The van der Waals surface area contributed by atoms with Crippen molar-refractivity contribution in [2.45, 2.75) is 52.9 Å². The molecule has 2 aliphatic rings. The van der Waals surface area contributed by atoms with Crippen LogP contribution in [0.1, 0.15) is 71.1 Å². The number of aryl methyl sites for hydroxylation is 1. The molecule has 2 saturated carbocycles. The largest absolute Gasteiger partial charge is 0.457 e. The zero-order valence-corrected chi connectivity index (χ0v) is 15.5. The third-order valence-electron chi connectivity index (χ3n) is 5.80. The molecule has 2 bridgehead atoms. The minimum atomic E-state index is -0.393. The van der Waals surface area contributed by atoms with E-state index < -0.39 is 5.97 Å². The summed E-state index contributed by atoms with van der Waals surface area (Å²) in [4.78, 5) is 51.5. The van der Waals surface area contributed by atoms with Crippen LogP contribution in [0.5, 0.6) is 0 Å². The Balaban J connectivity index is 1.61. The van der Waals surface area contributed by atoms with Crippen LogP contribution < -0.4 is 0 Å². The van der Waals surface area contributed by atoms with Crippen LogP contribution in [0.4, 0.5) is 0 Å². The summed E-state index contributed by atoms with van der Waals surface area (Å²) in [6.45, 7) is 4.56. The number of esters is 1. The van der Waals surface area contributed by atoms with E-state index in [1.807, 2.05) is 0 Å². The number of aromatic nitrogens is 1. The van der Waals surface area contributed by atoms with Crippen LogP contribution in [-0.2, 0) is 14.3 Å². The van der Waals surface area contributed by atoms with Crippen molar-refractivity contribution < 1.29 is 23.9 Å². The fourth-order valence-corrected chi connectivity index (χ4v) is 4.56. The lowest BCUT2D eigenvalue weighted by molar-refractivity contribution is -0.152. The maximum atomic E-state index is 12.4. The molecule has 0 aromatic carbocycles. The number of fused-ring (bicyclic) bond motifs is 2. The van der Waals surface area contributed by atoms with Gasteiger partial charge in [0.15, 0.2) is 12.4 Å². The number of nitrogens with one attached hydrogen (secondary N) is 1. The van der Waals surface area contributed by atoms with Gasteiger partial charge in [0.2, 0.25) is 5.78 Å². The van der Waals surface area contributed by atoms with Gasteiger partial charge in [-0.15, -0.1) is 0 Å². The fraction of sp³-hybridized carbons (Fsp3) is 0.600. The molecule has 1 aromatic rings. The molecule has 0 aliphatic heterocycles. The van der Waals surface area contributed by atoms with Gasteiger partial charge in [-0.05, 0) is 52.0 Å². The molecular formula is C20H25NO5. The first kappa shape index (κ1) is 18.5. The zero-order valence-electron chi connectivity index (χ0n) is 15.5. The molecule has 2 aliphatic carbocycles. The highest BCUT2D eigenvalue weighted by atomic mass is 16.5. The number of rotatable bonds is 5. The van der Waals surface area contributed by atoms with Crippen LogP contribution in [0, 0.1) is 31.6 Å². The van der Waals surface area contributed by atoms with Crippen molar-refractivity contribution in [3.8, 4) is 0 Å². The van der Waals surface area contributed by atoms with Gasteiger partial charge in [-0.2, -0.15) is 0 Å². The molecule has 3 atom stereocenters. The first-order valence-corrected chi connectivity index (χ1v) is 9.23. The van der Waals surface area contributed by atoms with E-state index in [4.69, 9.17) is 4.74 Å². The van der Waals surface area contributed by atoms with Crippen molar-refractivity contribution in [2.75, 3.05) is 6.61 Å². The predicted molar refractivity (Wildman–Crippen MR) is 94.1 cm³/mol. The van der Waals surface area contributed by atoms with Crippen LogP contribution in [0.25, 0.3) is 0 Å². The number of ether oxygens (including phenoxy) is 1. The monoisotopic (exact) mass is 359 g/mol. The standard InChI is InChI=1S/C20H25NO5/c1-10-17(12(3)22)11(2)21-18(10)16(23)9-26-20(25)15-7-13-5-4-6-14(8-15)19(13)24/h13-15,21H,4-9H2,1-3H3/t13-,14+,15?. The molecule has 0 amide bonds. The van der Waals surface area contributed by atoms with Crippen molar-refractivity contribution in [3.63, 3.8) is 0 Å². The molecule has 140 valence electrons. The Hall–Kier alpha value is -2.24. The Bertz CT molecular complexity index is 759. The van der Waals surface area contributed by atoms with E-state index in [0.717, 1.165) is 19.3 Å². The van der Waals surface area contributed by atoms with Crippen LogP contribution >= 0.6 is 0 Å².